The lowest BCUT2D eigenvalue weighted by atomic mass is 10.2. The first kappa shape index (κ1) is 15.2. The minimum atomic E-state index is -0.357. The number of ether oxygens (including phenoxy) is 1. The average molecular weight is 310 g/mol. The quantitative estimate of drug-likeness (QED) is 0.926. The summed E-state index contributed by atoms with van der Waals surface area (Å²) in [4.78, 5) is 23.7. The smallest absolute Gasteiger partial charge is 0.330 e. The Hall–Kier alpha value is -2.21. The number of nitrogens with zero attached hydrogens (tertiary/aromatic N) is 2. The molecule has 0 aliphatic heterocycles. The summed E-state index contributed by atoms with van der Waals surface area (Å²) >= 11 is 5.95. The van der Waals surface area contributed by atoms with Crippen LogP contribution in [0.15, 0.2) is 34.0 Å². The van der Waals surface area contributed by atoms with Crippen molar-refractivity contribution in [3.63, 3.8) is 0 Å². The van der Waals surface area contributed by atoms with Gasteiger partial charge in [-0.05, 0) is 18.2 Å². The molecule has 1 N–H and O–H groups in total. The lowest BCUT2D eigenvalue weighted by molar-refractivity contribution is 0.416. The molecule has 0 aliphatic rings. The van der Waals surface area contributed by atoms with E-state index in [1.165, 1.54) is 17.8 Å². The van der Waals surface area contributed by atoms with E-state index < -0.39 is 0 Å². The number of anilines is 1. The minimum Gasteiger partial charge on any atom is -0.495 e. The van der Waals surface area contributed by atoms with Gasteiger partial charge in [0.05, 0.1) is 18.4 Å². The Kier molecular flexibility index (Phi) is 4.37. The molecule has 2 aromatic rings. The van der Waals surface area contributed by atoms with Crippen LogP contribution in [0.5, 0.6) is 5.75 Å². The molecule has 0 saturated heterocycles. The van der Waals surface area contributed by atoms with Gasteiger partial charge < -0.3 is 14.6 Å². The molecule has 1 aromatic carbocycles. The standard InChI is InChI=1S/C14H16ClN3O3/c1-17-8-9(13(19)18(2)14(17)20)7-16-11-6-10(15)4-5-12(11)21-3/h4-6,8,16H,7H2,1-3H3. The number of methoxy groups -OCH3 is 1. The molecule has 0 atom stereocenters. The Morgan fingerprint density at radius 1 is 1.29 bits per heavy atom. The monoisotopic (exact) mass is 309 g/mol. The normalized spacial score (nSPS) is 10.5. The van der Waals surface area contributed by atoms with E-state index in [-0.39, 0.29) is 17.8 Å². The maximum Gasteiger partial charge on any atom is 0.330 e. The molecule has 21 heavy (non-hydrogen) atoms. The summed E-state index contributed by atoms with van der Waals surface area (Å²) in [6, 6.07) is 5.17. The average Bonchev–Trinajstić information content (AvgIpc) is 2.47. The van der Waals surface area contributed by atoms with Crippen molar-refractivity contribution in [3.05, 3.63) is 55.8 Å². The summed E-state index contributed by atoms with van der Waals surface area (Å²) in [6.45, 7) is 0.261. The van der Waals surface area contributed by atoms with E-state index in [1.54, 1.807) is 32.4 Å². The topological polar surface area (TPSA) is 65.3 Å². The van der Waals surface area contributed by atoms with Crippen LogP contribution in [0, 0.1) is 0 Å². The SMILES string of the molecule is COc1ccc(Cl)cc1NCc1cn(C)c(=O)n(C)c1=O. The summed E-state index contributed by atoms with van der Waals surface area (Å²) in [5, 5.41) is 3.66. The van der Waals surface area contributed by atoms with Gasteiger partial charge in [-0.15, -0.1) is 0 Å². The highest BCUT2D eigenvalue weighted by atomic mass is 35.5. The highest BCUT2D eigenvalue weighted by Gasteiger charge is 2.08. The second-order valence-electron chi connectivity index (χ2n) is 4.61. The van der Waals surface area contributed by atoms with Gasteiger partial charge >= 0.3 is 5.69 Å². The van der Waals surface area contributed by atoms with Gasteiger partial charge in [-0.25, -0.2) is 4.79 Å². The molecule has 7 heteroatoms. The van der Waals surface area contributed by atoms with Crippen LogP contribution in [0.2, 0.25) is 5.02 Å². The fraction of sp³-hybridized carbons (Fsp3) is 0.286. The highest BCUT2D eigenvalue weighted by molar-refractivity contribution is 6.30. The third-order valence-electron chi connectivity index (χ3n) is 3.15. The van der Waals surface area contributed by atoms with Crippen LogP contribution in [0.3, 0.4) is 0 Å². The Labute approximate surface area is 126 Å². The second-order valence-corrected chi connectivity index (χ2v) is 5.05. The second kappa shape index (κ2) is 6.05. The predicted octanol–water partition coefficient (Wildman–Crippen LogP) is 1.36. The number of nitrogens with one attached hydrogen (secondary N) is 1. The van der Waals surface area contributed by atoms with E-state index in [4.69, 9.17) is 16.3 Å². The third kappa shape index (κ3) is 3.11. The van der Waals surface area contributed by atoms with Crippen molar-refractivity contribution < 1.29 is 4.74 Å². The van der Waals surface area contributed by atoms with Crippen LogP contribution in [-0.2, 0) is 20.6 Å². The van der Waals surface area contributed by atoms with Gasteiger partial charge in [-0.2, -0.15) is 0 Å². The molecule has 0 bridgehead atoms. The van der Waals surface area contributed by atoms with Crippen LogP contribution in [0.1, 0.15) is 5.56 Å². The zero-order valence-electron chi connectivity index (χ0n) is 12.0. The molecule has 0 radical (unpaired) electrons. The summed E-state index contributed by atoms with van der Waals surface area (Å²) in [5.74, 6) is 0.626. The van der Waals surface area contributed by atoms with E-state index >= 15 is 0 Å². The molecule has 6 nitrogen and oxygen atoms in total. The molecule has 1 heterocycles. The summed E-state index contributed by atoms with van der Waals surface area (Å²) in [6.07, 6.45) is 1.52. The molecule has 0 amide bonds. The van der Waals surface area contributed by atoms with Crippen molar-refractivity contribution in [1.82, 2.24) is 9.13 Å². The Morgan fingerprint density at radius 3 is 2.67 bits per heavy atom. The lowest BCUT2D eigenvalue weighted by Crippen LogP contribution is -2.38. The third-order valence-corrected chi connectivity index (χ3v) is 3.38. The van der Waals surface area contributed by atoms with Crippen LogP contribution in [0.25, 0.3) is 0 Å². The molecule has 0 fully saturated rings. The fourth-order valence-electron chi connectivity index (χ4n) is 2.01. The van der Waals surface area contributed by atoms with Crippen LogP contribution in [0.4, 0.5) is 5.69 Å². The largest absolute Gasteiger partial charge is 0.495 e. The predicted molar refractivity (Wildman–Crippen MR) is 82.3 cm³/mol. The van der Waals surface area contributed by atoms with Gasteiger partial charge in [0.2, 0.25) is 0 Å². The van der Waals surface area contributed by atoms with Gasteiger partial charge in [-0.1, -0.05) is 11.6 Å². The number of aromatic nitrogens is 2. The Balaban J connectivity index is 2.31. The zero-order valence-corrected chi connectivity index (χ0v) is 12.8. The summed E-state index contributed by atoms with van der Waals surface area (Å²) in [7, 11) is 4.61. The molecule has 0 spiro atoms. The van der Waals surface area contributed by atoms with E-state index in [0.717, 1.165) is 4.57 Å². The van der Waals surface area contributed by atoms with Crippen molar-refractivity contribution in [3.8, 4) is 5.75 Å². The maximum absolute atomic E-state index is 12.0. The highest BCUT2D eigenvalue weighted by Crippen LogP contribution is 2.27. The first-order valence-corrected chi connectivity index (χ1v) is 6.64. The molecule has 0 saturated carbocycles. The lowest BCUT2D eigenvalue weighted by Gasteiger charge is -2.12. The van der Waals surface area contributed by atoms with Gasteiger partial charge in [0.15, 0.2) is 0 Å². The van der Waals surface area contributed by atoms with Crippen LogP contribution in [-0.4, -0.2) is 16.2 Å². The van der Waals surface area contributed by atoms with E-state index in [9.17, 15) is 9.59 Å². The number of aryl methyl sites for hydroxylation is 1. The molecule has 0 aliphatic carbocycles. The number of benzene rings is 1. The molecule has 112 valence electrons. The first-order chi connectivity index (χ1) is 9.93. The van der Waals surface area contributed by atoms with Crippen molar-refractivity contribution in [2.75, 3.05) is 12.4 Å². The maximum atomic E-state index is 12.0. The van der Waals surface area contributed by atoms with E-state index in [2.05, 4.69) is 5.32 Å². The van der Waals surface area contributed by atoms with Gasteiger partial charge in [0, 0.05) is 31.9 Å². The summed E-state index contributed by atoms with van der Waals surface area (Å²) < 4.78 is 7.67. The van der Waals surface area contributed by atoms with Gasteiger partial charge in [-0.3, -0.25) is 9.36 Å². The van der Waals surface area contributed by atoms with Crippen molar-refractivity contribution in [1.29, 1.82) is 0 Å². The number of hydrogen-bond acceptors (Lipinski definition) is 4. The zero-order chi connectivity index (χ0) is 15.6. The Morgan fingerprint density at radius 2 is 2.00 bits per heavy atom. The molecule has 2 rings (SSSR count). The Bertz CT molecular complexity index is 780. The van der Waals surface area contributed by atoms with E-state index in [0.29, 0.717) is 22.0 Å². The summed E-state index contributed by atoms with van der Waals surface area (Å²) in [5.41, 5.74) is 0.471. The molecular weight excluding hydrogens is 294 g/mol. The molecule has 0 unspecified atom stereocenters. The fourth-order valence-corrected chi connectivity index (χ4v) is 2.19. The number of hydrogen-bond donors (Lipinski definition) is 1. The first-order valence-electron chi connectivity index (χ1n) is 6.27. The number of rotatable bonds is 4. The van der Waals surface area contributed by atoms with E-state index in [1.807, 2.05) is 0 Å². The van der Waals surface area contributed by atoms with Crippen molar-refractivity contribution in [2.45, 2.75) is 6.54 Å². The number of halogens is 1. The van der Waals surface area contributed by atoms with Gasteiger partial charge in [0.1, 0.15) is 5.75 Å². The minimum absolute atomic E-state index is 0.261. The molecular formula is C14H16ClN3O3. The molecule has 1 aromatic heterocycles. The van der Waals surface area contributed by atoms with Crippen molar-refractivity contribution >= 4 is 17.3 Å². The van der Waals surface area contributed by atoms with Crippen LogP contribution >= 0.6 is 11.6 Å². The van der Waals surface area contributed by atoms with Crippen LogP contribution < -0.4 is 21.3 Å². The van der Waals surface area contributed by atoms with Crippen molar-refractivity contribution in [2.24, 2.45) is 14.1 Å². The van der Waals surface area contributed by atoms with Gasteiger partial charge in [0.25, 0.3) is 5.56 Å².